The molecular weight excluding hydrogens is 333 g/mol. The van der Waals surface area contributed by atoms with E-state index in [1.165, 1.54) is 0 Å². The zero-order chi connectivity index (χ0) is 15.4. The Balaban J connectivity index is 2.04. The second-order valence-corrected chi connectivity index (χ2v) is 5.61. The smallest absolute Gasteiger partial charge is 0.265 e. The minimum atomic E-state index is -0.710. The Bertz CT molecular complexity index is 661. The molecule has 21 heavy (non-hydrogen) atoms. The predicted octanol–water partition coefficient (Wildman–Crippen LogP) is 5.05. The first-order chi connectivity index (χ1) is 9.95. The number of anilines is 1. The number of amides is 1. The molecule has 110 valence electrons. The molecule has 0 aliphatic carbocycles. The zero-order valence-corrected chi connectivity index (χ0v) is 13.3. The Morgan fingerprint density at radius 2 is 1.81 bits per heavy atom. The van der Waals surface area contributed by atoms with Crippen LogP contribution in [0.15, 0.2) is 42.5 Å². The van der Waals surface area contributed by atoms with Crippen LogP contribution < -0.4 is 10.1 Å². The molecule has 0 saturated heterocycles. The normalized spacial score (nSPS) is 11.8. The molecule has 0 aliphatic rings. The van der Waals surface area contributed by atoms with Crippen molar-refractivity contribution < 1.29 is 9.53 Å². The summed E-state index contributed by atoms with van der Waals surface area (Å²) in [4.78, 5) is 12.1. The molecule has 3 nitrogen and oxygen atoms in total. The van der Waals surface area contributed by atoms with E-state index in [0.29, 0.717) is 26.5 Å². The average Bonchev–Trinajstić information content (AvgIpc) is 2.43. The Kier molecular flexibility index (Phi) is 5.34. The standard InChI is InChI=1S/C15H12Cl3NO2/c1-9(21-12-4-2-3-10(16)7-12)15(20)19-14-8-11(17)5-6-13(14)18/h2-9H,1H3,(H,19,20). The molecule has 0 aromatic heterocycles. The predicted molar refractivity (Wildman–Crippen MR) is 86.6 cm³/mol. The molecule has 1 unspecified atom stereocenters. The lowest BCUT2D eigenvalue weighted by Crippen LogP contribution is -2.30. The first-order valence-electron chi connectivity index (χ1n) is 6.14. The van der Waals surface area contributed by atoms with Gasteiger partial charge in [-0.15, -0.1) is 0 Å². The molecule has 1 N–H and O–H groups in total. The van der Waals surface area contributed by atoms with Gasteiger partial charge in [0.15, 0.2) is 6.10 Å². The molecule has 2 aromatic rings. The Labute approximate surface area is 137 Å². The molecular formula is C15H12Cl3NO2. The third kappa shape index (κ3) is 4.53. The topological polar surface area (TPSA) is 38.3 Å². The second kappa shape index (κ2) is 7.03. The lowest BCUT2D eigenvalue weighted by Gasteiger charge is -2.15. The lowest BCUT2D eigenvalue weighted by atomic mass is 10.3. The van der Waals surface area contributed by atoms with Crippen LogP contribution in [0.5, 0.6) is 5.75 Å². The molecule has 2 rings (SSSR count). The number of rotatable bonds is 4. The summed E-state index contributed by atoms with van der Waals surface area (Å²) < 4.78 is 5.53. The highest BCUT2D eigenvalue weighted by Gasteiger charge is 2.16. The van der Waals surface area contributed by atoms with E-state index in [2.05, 4.69) is 5.32 Å². The summed E-state index contributed by atoms with van der Waals surface area (Å²) in [6.45, 7) is 1.63. The second-order valence-electron chi connectivity index (χ2n) is 4.33. The molecule has 0 bridgehead atoms. The van der Waals surface area contributed by atoms with Gasteiger partial charge in [-0.2, -0.15) is 0 Å². The summed E-state index contributed by atoms with van der Waals surface area (Å²) in [7, 11) is 0. The van der Waals surface area contributed by atoms with Crippen LogP contribution in [0.2, 0.25) is 15.1 Å². The number of ether oxygens (including phenoxy) is 1. The van der Waals surface area contributed by atoms with Gasteiger partial charge < -0.3 is 10.1 Å². The van der Waals surface area contributed by atoms with Crippen LogP contribution in [0.25, 0.3) is 0 Å². The van der Waals surface area contributed by atoms with Gasteiger partial charge in [0.05, 0.1) is 10.7 Å². The van der Waals surface area contributed by atoms with Crippen LogP contribution in [0.3, 0.4) is 0 Å². The average molecular weight is 345 g/mol. The third-order valence-corrected chi connectivity index (χ3v) is 3.46. The van der Waals surface area contributed by atoms with E-state index in [1.807, 2.05) is 0 Å². The van der Waals surface area contributed by atoms with Gasteiger partial charge in [-0.1, -0.05) is 40.9 Å². The van der Waals surface area contributed by atoms with Crippen LogP contribution in [0.4, 0.5) is 5.69 Å². The summed E-state index contributed by atoms with van der Waals surface area (Å²) in [6, 6.07) is 11.7. The number of hydrogen-bond acceptors (Lipinski definition) is 2. The fourth-order valence-corrected chi connectivity index (χ4v) is 2.14. The van der Waals surface area contributed by atoms with Crippen molar-refractivity contribution in [2.24, 2.45) is 0 Å². The summed E-state index contributed by atoms with van der Waals surface area (Å²) in [5.41, 5.74) is 0.440. The van der Waals surface area contributed by atoms with Crippen LogP contribution in [0, 0.1) is 0 Å². The molecule has 0 fully saturated rings. The van der Waals surface area contributed by atoms with E-state index in [-0.39, 0.29) is 5.91 Å². The molecule has 0 radical (unpaired) electrons. The van der Waals surface area contributed by atoms with Gasteiger partial charge in [-0.3, -0.25) is 4.79 Å². The van der Waals surface area contributed by atoms with Gasteiger partial charge in [0, 0.05) is 10.0 Å². The van der Waals surface area contributed by atoms with Crippen molar-refractivity contribution in [1.82, 2.24) is 0 Å². The summed E-state index contributed by atoms with van der Waals surface area (Å²) >= 11 is 17.7. The van der Waals surface area contributed by atoms with E-state index in [4.69, 9.17) is 39.5 Å². The van der Waals surface area contributed by atoms with Crippen LogP contribution in [-0.2, 0) is 4.79 Å². The fraction of sp³-hybridized carbons (Fsp3) is 0.133. The van der Waals surface area contributed by atoms with Crippen molar-refractivity contribution in [3.05, 3.63) is 57.5 Å². The molecule has 1 amide bonds. The molecule has 0 aliphatic heterocycles. The Morgan fingerprint density at radius 1 is 1.10 bits per heavy atom. The van der Waals surface area contributed by atoms with Gasteiger partial charge in [0.1, 0.15) is 5.75 Å². The molecule has 0 spiro atoms. The maximum atomic E-state index is 12.1. The number of halogens is 3. The number of carbonyl (C=O) groups excluding carboxylic acids is 1. The number of benzene rings is 2. The molecule has 1 atom stereocenters. The van der Waals surface area contributed by atoms with E-state index in [9.17, 15) is 4.79 Å². The molecule has 0 heterocycles. The van der Waals surface area contributed by atoms with Crippen LogP contribution in [0.1, 0.15) is 6.92 Å². The largest absolute Gasteiger partial charge is 0.481 e. The van der Waals surface area contributed by atoms with Gasteiger partial charge in [0.2, 0.25) is 0 Å². The third-order valence-electron chi connectivity index (χ3n) is 2.66. The first kappa shape index (κ1) is 16.0. The Morgan fingerprint density at radius 3 is 2.52 bits per heavy atom. The Hall–Kier alpha value is -1.42. The molecule has 0 saturated carbocycles. The summed E-state index contributed by atoms with van der Waals surface area (Å²) in [5, 5.41) is 4.10. The van der Waals surface area contributed by atoms with Crippen molar-refractivity contribution in [2.75, 3.05) is 5.32 Å². The highest BCUT2D eigenvalue weighted by Crippen LogP contribution is 2.26. The number of nitrogens with one attached hydrogen (secondary N) is 1. The quantitative estimate of drug-likeness (QED) is 0.842. The van der Waals surface area contributed by atoms with E-state index in [0.717, 1.165) is 0 Å². The molecule has 2 aromatic carbocycles. The first-order valence-corrected chi connectivity index (χ1v) is 7.27. The zero-order valence-electron chi connectivity index (χ0n) is 11.1. The minimum absolute atomic E-state index is 0.334. The lowest BCUT2D eigenvalue weighted by molar-refractivity contribution is -0.122. The number of carbonyl (C=O) groups is 1. The summed E-state index contributed by atoms with van der Waals surface area (Å²) in [5.74, 6) is 0.182. The van der Waals surface area contributed by atoms with Gasteiger partial charge in [-0.05, 0) is 43.3 Å². The van der Waals surface area contributed by atoms with Gasteiger partial charge in [0.25, 0.3) is 5.91 Å². The van der Waals surface area contributed by atoms with Crippen LogP contribution in [-0.4, -0.2) is 12.0 Å². The van der Waals surface area contributed by atoms with Crippen molar-refractivity contribution in [3.8, 4) is 5.75 Å². The maximum absolute atomic E-state index is 12.1. The SMILES string of the molecule is CC(Oc1cccc(Cl)c1)C(=O)Nc1cc(Cl)ccc1Cl. The monoisotopic (exact) mass is 343 g/mol. The molecule has 6 heteroatoms. The van der Waals surface area contributed by atoms with E-state index >= 15 is 0 Å². The van der Waals surface area contributed by atoms with Crippen molar-refractivity contribution in [2.45, 2.75) is 13.0 Å². The van der Waals surface area contributed by atoms with Crippen molar-refractivity contribution in [1.29, 1.82) is 0 Å². The maximum Gasteiger partial charge on any atom is 0.265 e. The van der Waals surface area contributed by atoms with Crippen LogP contribution >= 0.6 is 34.8 Å². The summed E-state index contributed by atoms with van der Waals surface area (Å²) in [6.07, 6.45) is -0.710. The van der Waals surface area contributed by atoms with Gasteiger partial charge >= 0.3 is 0 Å². The van der Waals surface area contributed by atoms with Crippen molar-refractivity contribution in [3.63, 3.8) is 0 Å². The fourth-order valence-electron chi connectivity index (χ4n) is 1.63. The van der Waals surface area contributed by atoms with E-state index in [1.54, 1.807) is 49.4 Å². The minimum Gasteiger partial charge on any atom is -0.481 e. The van der Waals surface area contributed by atoms with Gasteiger partial charge in [-0.25, -0.2) is 0 Å². The highest BCUT2D eigenvalue weighted by molar-refractivity contribution is 6.35. The highest BCUT2D eigenvalue weighted by atomic mass is 35.5. The van der Waals surface area contributed by atoms with E-state index < -0.39 is 6.10 Å². The number of hydrogen-bond donors (Lipinski definition) is 1. The van der Waals surface area contributed by atoms with Crippen molar-refractivity contribution >= 4 is 46.4 Å².